The summed E-state index contributed by atoms with van der Waals surface area (Å²) in [6.45, 7) is 6.64. The van der Waals surface area contributed by atoms with Gasteiger partial charge in [0.15, 0.2) is 6.10 Å². The van der Waals surface area contributed by atoms with Crippen LogP contribution in [0, 0.1) is 0 Å². The normalized spacial score (nSPS) is 12.1. The highest BCUT2D eigenvalue weighted by Crippen LogP contribution is 2.19. The molecule has 0 saturated carbocycles. The van der Waals surface area contributed by atoms with Gasteiger partial charge in [0, 0.05) is 19.3 Å². The molecule has 0 bridgehead atoms. The molecule has 0 rings (SSSR count). The van der Waals surface area contributed by atoms with Crippen molar-refractivity contribution in [2.24, 2.45) is 0 Å². The zero-order valence-corrected chi connectivity index (χ0v) is 52.3. The van der Waals surface area contributed by atoms with Crippen molar-refractivity contribution < 1.29 is 28.6 Å². The van der Waals surface area contributed by atoms with E-state index in [1.54, 1.807) is 0 Å². The molecule has 0 saturated heterocycles. The zero-order valence-electron chi connectivity index (χ0n) is 52.3. The van der Waals surface area contributed by atoms with Gasteiger partial charge < -0.3 is 14.2 Å². The summed E-state index contributed by atoms with van der Waals surface area (Å²) in [6.07, 6.45) is 80.9. The van der Waals surface area contributed by atoms with E-state index in [9.17, 15) is 14.4 Å². The van der Waals surface area contributed by atoms with Crippen LogP contribution in [-0.4, -0.2) is 37.2 Å². The third-order valence-electron chi connectivity index (χ3n) is 15.9. The van der Waals surface area contributed by atoms with Crippen molar-refractivity contribution in [3.05, 3.63) is 24.3 Å². The molecule has 0 aliphatic heterocycles. The smallest absolute Gasteiger partial charge is 0.306 e. The topological polar surface area (TPSA) is 78.9 Å². The molecule has 77 heavy (non-hydrogen) atoms. The number of ether oxygens (including phenoxy) is 3. The Labute approximate surface area is 481 Å². The quantitative estimate of drug-likeness (QED) is 0.0261. The van der Waals surface area contributed by atoms with Crippen LogP contribution in [0.5, 0.6) is 0 Å². The van der Waals surface area contributed by atoms with E-state index in [4.69, 9.17) is 14.2 Å². The molecule has 0 heterocycles. The van der Waals surface area contributed by atoms with Gasteiger partial charge in [-0.2, -0.15) is 0 Å². The Balaban J connectivity index is 4.01. The second-order valence-electron chi connectivity index (χ2n) is 23.8. The van der Waals surface area contributed by atoms with Crippen molar-refractivity contribution in [2.45, 2.75) is 399 Å². The van der Waals surface area contributed by atoms with Crippen molar-refractivity contribution in [3.63, 3.8) is 0 Å². The first kappa shape index (κ1) is 74.9. The summed E-state index contributed by atoms with van der Waals surface area (Å²) in [5, 5.41) is 0. The molecule has 0 aromatic heterocycles. The van der Waals surface area contributed by atoms with E-state index in [-0.39, 0.29) is 31.1 Å². The molecule has 454 valence electrons. The first-order valence-corrected chi connectivity index (χ1v) is 34.8. The highest BCUT2D eigenvalue weighted by molar-refractivity contribution is 5.71. The summed E-state index contributed by atoms with van der Waals surface area (Å²) in [5.41, 5.74) is 0. The van der Waals surface area contributed by atoms with Gasteiger partial charge in [-0.1, -0.05) is 334 Å². The van der Waals surface area contributed by atoms with Crippen molar-refractivity contribution in [1.29, 1.82) is 0 Å². The number of rotatable bonds is 65. The lowest BCUT2D eigenvalue weighted by molar-refractivity contribution is -0.167. The SMILES string of the molecule is CCC/C=C\CCCCCCCC(=O)OCC(COC(=O)CCCCCCCCCCCCCCCCCCCCCCC/C=C\CCCCCCCCCC)OC(=O)CCCCCCCCCCCCCCCCCC. The fourth-order valence-electron chi connectivity index (χ4n) is 10.7. The summed E-state index contributed by atoms with van der Waals surface area (Å²) >= 11 is 0. The van der Waals surface area contributed by atoms with Crippen molar-refractivity contribution in [2.75, 3.05) is 13.2 Å². The minimum atomic E-state index is -0.769. The second-order valence-corrected chi connectivity index (χ2v) is 23.8. The predicted octanol–water partition coefficient (Wildman–Crippen LogP) is 23.8. The minimum Gasteiger partial charge on any atom is -0.462 e. The number of allylic oxidation sites excluding steroid dienone is 4. The lowest BCUT2D eigenvalue weighted by atomic mass is 10.0. The second kappa shape index (κ2) is 66.4. The molecule has 0 spiro atoms. The van der Waals surface area contributed by atoms with E-state index in [0.717, 1.165) is 70.6 Å². The van der Waals surface area contributed by atoms with E-state index in [1.165, 1.54) is 283 Å². The Morgan fingerprint density at radius 2 is 0.455 bits per heavy atom. The van der Waals surface area contributed by atoms with Gasteiger partial charge in [0.2, 0.25) is 0 Å². The molecule has 0 amide bonds. The number of esters is 3. The maximum Gasteiger partial charge on any atom is 0.306 e. The molecule has 0 aliphatic rings. The van der Waals surface area contributed by atoms with Gasteiger partial charge in [0.1, 0.15) is 13.2 Å². The lowest BCUT2D eigenvalue weighted by Gasteiger charge is -2.18. The highest BCUT2D eigenvalue weighted by atomic mass is 16.6. The molecular formula is C71H134O6. The van der Waals surface area contributed by atoms with Crippen LogP contribution in [0.3, 0.4) is 0 Å². The maximum atomic E-state index is 12.9. The molecule has 6 heteroatoms. The van der Waals surface area contributed by atoms with Gasteiger partial charge in [0.05, 0.1) is 0 Å². The average Bonchev–Trinajstić information content (AvgIpc) is 3.43. The summed E-state index contributed by atoms with van der Waals surface area (Å²) in [4.78, 5) is 38.2. The summed E-state index contributed by atoms with van der Waals surface area (Å²) < 4.78 is 16.9. The minimum absolute atomic E-state index is 0.0676. The standard InChI is InChI=1S/C71H134O6/c1-4-7-10-13-16-19-22-24-26-28-29-30-31-32-33-34-35-36-37-38-39-40-41-42-43-44-46-47-49-52-55-58-61-64-70(73)76-67-68(66-75-69(72)63-60-57-54-51-21-18-15-12-9-6-3)77-71(74)65-62-59-56-53-50-48-45-27-25-23-20-17-14-11-8-5-2/h12,15,28-29,68H,4-11,13-14,16-27,30-67H2,1-3H3/b15-12-,29-28-. The fraction of sp³-hybridized carbons (Fsp3) is 0.901. The zero-order chi connectivity index (χ0) is 55.7. The van der Waals surface area contributed by atoms with Crippen LogP contribution in [-0.2, 0) is 28.6 Å². The van der Waals surface area contributed by atoms with E-state index in [0.29, 0.717) is 19.3 Å². The number of hydrogen-bond acceptors (Lipinski definition) is 6. The number of hydrogen-bond donors (Lipinski definition) is 0. The molecular weight excluding hydrogens is 949 g/mol. The van der Waals surface area contributed by atoms with Crippen LogP contribution < -0.4 is 0 Å². The van der Waals surface area contributed by atoms with Gasteiger partial charge in [0.25, 0.3) is 0 Å². The Morgan fingerprint density at radius 1 is 0.247 bits per heavy atom. The largest absolute Gasteiger partial charge is 0.462 e. The van der Waals surface area contributed by atoms with Crippen LogP contribution >= 0.6 is 0 Å². The molecule has 0 radical (unpaired) electrons. The van der Waals surface area contributed by atoms with Crippen LogP contribution in [0.15, 0.2) is 24.3 Å². The van der Waals surface area contributed by atoms with E-state index in [1.807, 2.05) is 0 Å². The van der Waals surface area contributed by atoms with Gasteiger partial charge in [-0.15, -0.1) is 0 Å². The monoisotopic (exact) mass is 1080 g/mol. The predicted molar refractivity (Wildman–Crippen MR) is 335 cm³/mol. The third kappa shape index (κ3) is 64.6. The lowest BCUT2D eigenvalue weighted by Crippen LogP contribution is -2.30. The molecule has 0 fully saturated rings. The first-order valence-electron chi connectivity index (χ1n) is 34.8. The maximum absolute atomic E-state index is 12.9. The molecule has 0 aromatic carbocycles. The number of carbonyl (C=O) groups excluding carboxylic acids is 3. The molecule has 1 atom stereocenters. The average molecular weight is 1080 g/mol. The van der Waals surface area contributed by atoms with Gasteiger partial charge in [-0.25, -0.2) is 0 Å². The van der Waals surface area contributed by atoms with Crippen LogP contribution in [0.2, 0.25) is 0 Å². The highest BCUT2D eigenvalue weighted by Gasteiger charge is 2.19. The molecule has 0 aliphatic carbocycles. The van der Waals surface area contributed by atoms with Gasteiger partial charge in [-0.05, 0) is 64.2 Å². The third-order valence-corrected chi connectivity index (χ3v) is 15.9. The fourth-order valence-corrected chi connectivity index (χ4v) is 10.7. The first-order chi connectivity index (χ1) is 38.0. The van der Waals surface area contributed by atoms with Gasteiger partial charge in [-0.3, -0.25) is 14.4 Å². The van der Waals surface area contributed by atoms with Crippen LogP contribution in [0.4, 0.5) is 0 Å². The Hall–Kier alpha value is -2.11. The number of carbonyl (C=O) groups is 3. The summed E-state index contributed by atoms with van der Waals surface area (Å²) in [6, 6.07) is 0. The molecule has 6 nitrogen and oxygen atoms in total. The van der Waals surface area contributed by atoms with Gasteiger partial charge >= 0.3 is 17.9 Å². The van der Waals surface area contributed by atoms with E-state index < -0.39 is 6.10 Å². The summed E-state index contributed by atoms with van der Waals surface area (Å²) in [7, 11) is 0. The van der Waals surface area contributed by atoms with Crippen molar-refractivity contribution >= 4 is 17.9 Å². The molecule has 1 unspecified atom stereocenters. The Kier molecular flexibility index (Phi) is 64.6. The Morgan fingerprint density at radius 3 is 0.701 bits per heavy atom. The van der Waals surface area contributed by atoms with Crippen molar-refractivity contribution in [3.8, 4) is 0 Å². The van der Waals surface area contributed by atoms with E-state index in [2.05, 4.69) is 45.1 Å². The molecule has 0 N–H and O–H groups in total. The molecule has 0 aromatic rings. The van der Waals surface area contributed by atoms with Crippen LogP contribution in [0.1, 0.15) is 393 Å². The van der Waals surface area contributed by atoms with E-state index >= 15 is 0 Å². The Bertz CT molecular complexity index is 1240. The number of unbranched alkanes of at least 4 members (excludes halogenated alkanes) is 50. The van der Waals surface area contributed by atoms with Crippen molar-refractivity contribution in [1.82, 2.24) is 0 Å². The van der Waals surface area contributed by atoms with Crippen LogP contribution in [0.25, 0.3) is 0 Å². The summed E-state index contributed by atoms with van der Waals surface area (Å²) in [5.74, 6) is -0.851.